The van der Waals surface area contributed by atoms with E-state index in [4.69, 9.17) is 4.74 Å². The average Bonchev–Trinajstić information content (AvgIpc) is 2.64. The molecule has 0 aliphatic heterocycles. The fourth-order valence-corrected chi connectivity index (χ4v) is 3.65. The van der Waals surface area contributed by atoms with Gasteiger partial charge in [0.05, 0.1) is 23.4 Å². The number of aromatic nitrogens is 2. The van der Waals surface area contributed by atoms with Crippen LogP contribution < -0.4 is 10.2 Å². The van der Waals surface area contributed by atoms with Gasteiger partial charge in [-0.05, 0) is 47.1 Å². The Morgan fingerprint density at radius 1 is 1.15 bits per heavy atom. The third kappa shape index (κ3) is 4.64. The standard InChI is InChI=1S/C19H16Br2N4O2/c1-11-7-17(25-22-10-12-5-3-4-6-16(12)27-2)24-19(23-11)14-8-13(20)9-15(21)18(14)26/h3-10,26H,1-2H3,(H,23,24,25)/b22-10+. The van der Waals surface area contributed by atoms with Crippen molar-refractivity contribution in [2.75, 3.05) is 12.5 Å². The fraction of sp³-hybridized carbons (Fsp3) is 0.105. The third-order valence-corrected chi connectivity index (χ3v) is 4.71. The maximum absolute atomic E-state index is 10.3. The number of hydrazone groups is 1. The highest BCUT2D eigenvalue weighted by molar-refractivity contribution is 9.11. The molecule has 0 saturated heterocycles. The van der Waals surface area contributed by atoms with E-state index in [0.717, 1.165) is 21.5 Å². The van der Waals surface area contributed by atoms with Crippen LogP contribution in [0.5, 0.6) is 11.5 Å². The van der Waals surface area contributed by atoms with Crippen molar-refractivity contribution in [3.05, 3.63) is 62.7 Å². The minimum absolute atomic E-state index is 0.0762. The molecule has 3 rings (SSSR count). The van der Waals surface area contributed by atoms with Crippen molar-refractivity contribution in [1.82, 2.24) is 9.97 Å². The maximum Gasteiger partial charge on any atom is 0.165 e. The van der Waals surface area contributed by atoms with Crippen LogP contribution in [0, 0.1) is 6.92 Å². The molecule has 6 nitrogen and oxygen atoms in total. The van der Waals surface area contributed by atoms with E-state index < -0.39 is 0 Å². The van der Waals surface area contributed by atoms with Crippen molar-refractivity contribution in [2.45, 2.75) is 6.92 Å². The van der Waals surface area contributed by atoms with Crippen LogP contribution in [0.3, 0.4) is 0 Å². The first-order chi connectivity index (χ1) is 13.0. The van der Waals surface area contributed by atoms with Gasteiger partial charge in [-0.15, -0.1) is 0 Å². The zero-order valence-corrected chi connectivity index (χ0v) is 17.7. The second kappa shape index (κ2) is 8.49. The lowest BCUT2D eigenvalue weighted by Gasteiger charge is -2.09. The molecule has 0 saturated carbocycles. The van der Waals surface area contributed by atoms with Crippen molar-refractivity contribution < 1.29 is 9.84 Å². The summed E-state index contributed by atoms with van der Waals surface area (Å²) < 4.78 is 6.66. The van der Waals surface area contributed by atoms with Gasteiger partial charge < -0.3 is 9.84 Å². The van der Waals surface area contributed by atoms with Crippen LogP contribution in [0.25, 0.3) is 11.4 Å². The summed E-state index contributed by atoms with van der Waals surface area (Å²) in [5.74, 6) is 1.71. The molecule has 0 aliphatic carbocycles. The monoisotopic (exact) mass is 490 g/mol. The van der Waals surface area contributed by atoms with Crippen molar-refractivity contribution in [2.24, 2.45) is 5.10 Å². The summed E-state index contributed by atoms with van der Waals surface area (Å²) in [6.07, 6.45) is 1.66. The number of nitrogens with one attached hydrogen (secondary N) is 1. The van der Waals surface area contributed by atoms with Gasteiger partial charge in [-0.2, -0.15) is 5.10 Å². The molecule has 2 aromatic carbocycles. The number of rotatable bonds is 5. The molecular formula is C19H16Br2N4O2. The topological polar surface area (TPSA) is 79.6 Å². The van der Waals surface area contributed by atoms with Crippen LogP contribution in [0.2, 0.25) is 0 Å². The molecule has 0 spiro atoms. The number of para-hydroxylation sites is 1. The van der Waals surface area contributed by atoms with E-state index in [-0.39, 0.29) is 5.75 Å². The minimum atomic E-state index is 0.0762. The number of phenolic OH excluding ortho intramolecular Hbond substituents is 1. The van der Waals surface area contributed by atoms with Crippen LogP contribution in [-0.4, -0.2) is 28.4 Å². The van der Waals surface area contributed by atoms with Gasteiger partial charge in [0, 0.05) is 21.8 Å². The number of methoxy groups -OCH3 is 1. The summed E-state index contributed by atoms with van der Waals surface area (Å²) in [6.45, 7) is 1.85. The molecule has 0 atom stereocenters. The summed E-state index contributed by atoms with van der Waals surface area (Å²) in [4.78, 5) is 8.87. The van der Waals surface area contributed by atoms with E-state index in [9.17, 15) is 5.11 Å². The van der Waals surface area contributed by atoms with E-state index in [1.807, 2.05) is 31.2 Å². The number of hydrogen-bond acceptors (Lipinski definition) is 6. The average molecular weight is 492 g/mol. The molecule has 27 heavy (non-hydrogen) atoms. The van der Waals surface area contributed by atoms with E-state index >= 15 is 0 Å². The van der Waals surface area contributed by atoms with E-state index in [2.05, 4.69) is 52.4 Å². The predicted molar refractivity (Wildman–Crippen MR) is 113 cm³/mol. The molecule has 0 amide bonds. The lowest BCUT2D eigenvalue weighted by molar-refractivity contribution is 0.414. The van der Waals surface area contributed by atoms with Crippen molar-refractivity contribution in [3.63, 3.8) is 0 Å². The Morgan fingerprint density at radius 2 is 1.93 bits per heavy atom. The summed E-state index contributed by atoms with van der Waals surface area (Å²) >= 11 is 6.74. The predicted octanol–water partition coefficient (Wildman–Crippen LogP) is 5.14. The molecule has 0 unspecified atom stereocenters. The van der Waals surface area contributed by atoms with Crippen LogP contribution in [0.4, 0.5) is 5.82 Å². The number of nitrogens with zero attached hydrogens (tertiary/aromatic N) is 3. The van der Waals surface area contributed by atoms with Crippen molar-refractivity contribution in [3.8, 4) is 22.9 Å². The van der Waals surface area contributed by atoms with Gasteiger partial charge in [-0.25, -0.2) is 9.97 Å². The Hall–Kier alpha value is -2.45. The van der Waals surface area contributed by atoms with Gasteiger partial charge in [0.25, 0.3) is 0 Å². The second-order valence-electron chi connectivity index (χ2n) is 5.61. The lowest BCUT2D eigenvalue weighted by Crippen LogP contribution is -2.00. The van der Waals surface area contributed by atoms with Crippen LogP contribution >= 0.6 is 31.9 Å². The number of anilines is 1. The zero-order valence-electron chi connectivity index (χ0n) is 14.6. The number of phenols is 1. The number of hydrogen-bond donors (Lipinski definition) is 2. The first kappa shape index (κ1) is 19.3. The molecule has 138 valence electrons. The quantitative estimate of drug-likeness (QED) is 0.381. The number of aromatic hydroxyl groups is 1. The highest BCUT2D eigenvalue weighted by Crippen LogP contribution is 2.37. The number of benzene rings is 2. The number of ether oxygens (including phenoxy) is 1. The van der Waals surface area contributed by atoms with Crippen LogP contribution in [-0.2, 0) is 0 Å². The first-order valence-electron chi connectivity index (χ1n) is 7.94. The lowest BCUT2D eigenvalue weighted by atomic mass is 10.2. The van der Waals surface area contributed by atoms with E-state index in [1.54, 1.807) is 31.5 Å². The summed E-state index contributed by atoms with van der Waals surface area (Å²) in [7, 11) is 1.61. The van der Waals surface area contributed by atoms with Gasteiger partial charge in [-0.1, -0.05) is 28.1 Å². The highest BCUT2D eigenvalue weighted by atomic mass is 79.9. The van der Waals surface area contributed by atoms with E-state index in [1.165, 1.54) is 0 Å². The molecule has 8 heteroatoms. The normalized spacial score (nSPS) is 11.0. The molecule has 0 radical (unpaired) electrons. The SMILES string of the molecule is COc1ccccc1/C=N/Nc1cc(C)nc(-c2cc(Br)cc(Br)c2O)n1. The Balaban J connectivity index is 1.89. The second-order valence-corrected chi connectivity index (χ2v) is 7.38. The Labute approximate surface area is 173 Å². The van der Waals surface area contributed by atoms with Gasteiger partial charge >= 0.3 is 0 Å². The molecule has 0 aliphatic rings. The summed E-state index contributed by atoms with van der Waals surface area (Å²) in [5, 5.41) is 14.6. The summed E-state index contributed by atoms with van der Waals surface area (Å²) in [5.41, 5.74) is 4.99. The van der Waals surface area contributed by atoms with Gasteiger partial charge in [0.15, 0.2) is 11.6 Å². The first-order valence-corrected chi connectivity index (χ1v) is 9.52. The molecule has 1 heterocycles. The minimum Gasteiger partial charge on any atom is -0.506 e. The van der Waals surface area contributed by atoms with Crippen LogP contribution in [0.15, 0.2) is 56.5 Å². The highest BCUT2D eigenvalue weighted by Gasteiger charge is 2.13. The maximum atomic E-state index is 10.3. The Bertz CT molecular complexity index is 1010. The van der Waals surface area contributed by atoms with Gasteiger partial charge in [-0.3, -0.25) is 5.43 Å². The van der Waals surface area contributed by atoms with E-state index in [0.29, 0.717) is 21.7 Å². The third-order valence-electron chi connectivity index (χ3n) is 3.64. The van der Waals surface area contributed by atoms with Gasteiger partial charge in [0.2, 0.25) is 0 Å². The molecule has 2 N–H and O–H groups in total. The Kier molecular flexibility index (Phi) is 6.08. The molecule has 1 aromatic heterocycles. The molecule has 0 fully saturated rings. The molecule has 0 bridgehead atoms. The fourth-order valence-electron chi connectivity index (χ4n) is 2.42. The molecular weight excluding hydrogens is 476 g/mol. The van der Waals surface area contributed by atoms with Crippen molar-refractivity contribution in [1.29, 1.82) is 0 Å². The number of halogens is 2. The molecule has 3 aromatic rings. The number of aryl methyl sites for hydroxylation is 1. The zero-order chi connectivity index (χ0) is 19.4. The largest absolute Gasteiger partial charge is 0.506 e. The van der Waals surface area contributed by atoms with Gasteiger partial charge in [0.1, 0.15) is 11.5 Å². The van der Waals surface area contributed by atoms with Crippen LogP contribution in [0.1, 0.15) is 11.3 Å². The smallest absolute Gasteiger partial charge is 0.165 e. The van der Waals surface area contributed by atoms with Crippen molar-refractivity contribution >= 4 is 43.9 Å². The summed E-state index contributed by atoms with van der Waals surface area (Å²) in [6, 6.07) is 12.9. The Morgan fingerprint density at radius 3 is 2.70 bits per heavy atom.